The summed E-state index contributed by atoms with van der Waals surface area (Å²) in [5.41, 5.74) is 0. The normalized spacial score (nSPS) is 39.9. The first-order chi connectivity index (χ1) is 7.61. The predicted molar refractivity (Wildman–Crippen MR) is 61.4 cm³/mol. The van der Waals surface area contributed by atoms with Crippen molar-refractivity contribution in [1.29, 1.82) is 0 Å². The molecule has 16 heavy (non-hydrogen) atoms. The van der Waals surface area contributed by atoms with E-state index in [4.69, 9.17) is 9.47 Å². The largest absolute Gasteiger partial charge is 0.388 e. The predicted octanol–water partition coefficient (Wildman–Crippen LogP) is -0.460. The van der Waals surface area contributed by atoms with E-state index >= 15 is 0 Å². The third-order valence-corrected chi connectivity index (χ3v) is 2.99. The number of thiol groups is 1. The molecule has 0 saturated carbocycles. The standard InChI is InChI=1S/C10H20O5S/c1-2-3-4-14-10-9(13)8(12)7(11)6(5-16)15-10/h6-13,16H,2-5H2,1H3/t6?,7-,8?,9-,10+/m0/s1. The van der Waals surface area contributed by atoms with Gasteiger partial charge in [0.25, 0.3) is 0 Å². The second-order valence-electron chi connectivity index (χ2n) is 3.92. The summed E-state index contributed by atoms with van der Waals surface area (Å²) in [6, 6.07) is 0. The van der Waals surface area contributed by atoms with Crippen molar-refractivity contribution in [3.05, 3.63) is 0 Å². The first-order valence-corrected chi connectivity index (χ1v) is 6.17. The lowest BCUT2D eigenvalue weighted by Crippen LogP contribution is -2.58. The molecule has 5 atom stereocenters. The molecule has 0 aromatic heterocycles. The second kappa shape index (κ2) is 6.78. The minimum Gasteiger partial charge on any atom is -0.388 e. The summed E-state index contributed by atoms with van der Waals surface area (Å²) >= 11 is 4.01. The highest BCUT2D eigenvalue weighted by molar-refractivity contribution is 7.80. The molecule has 1 saturated heterocycles. The monoisotopic (exact) mass is 252 g/mol. The van der Waals surface area contributed by atoms with Crippen LogP contribution in [0.15, 0.2) is 0 Å². The highest BCUT2D eigenvalue weighted by atomic mass is 32.1. The fraction of sp³-hybridized carbons (Fsp3) is 1.00. The van der Waals surface area contributed by atoms with E-state index in [2.05, 4.69) is 12.6 Å². The topological polar surface area (TPSA) is 79.2 Å². The lowest BCUT2D eigenvalue weighted by Gasteiger charge is -2.39. The lowest BCUT2D eigenvalue weighted by atomic mass is 10.00. The first kappa shape index (κ1) is 14.2. The van der Waals surface area contributed by atoms with Crippen LogP contribution in [0, 0.1) is 0 Å². The first-order valence-electron chi connectivity index (χ1n) is 5.54. The molecule has 96 valence electrons. The van der Waals surface area contributed by atoms with Crippen molar-refractivity contribution in [2.75, 3.05) is 12.4 Å². The van der Waals surface area contributed by atoms with E-state index in [1.807, 2.05) is 6.92 Å². The number of hydrogen-bond acceptors (Lipinski definition) is 6. The Morgan fingerprint density at radius 3 is 2.44 bits per heavy atom. The van der Waals surface area contributed by atoms with Crippen LogP contribution in [0.25, 0.3) is 0 Å². The van der Waals surface area contributed by atoms with E-state index in [0.29, 0.717) is 6.61 Å². The third kappa shape index (κ3) is 3.32. The van der Waals surface area contributed by atoms with Crippen molar-refractivity contribution in [3.8, 4) is 0 Å². The SMILES string of the molecule is CCCCO[C@@H]1OC(CS)[C@H](O)C(O)[C@@H]1O. The minimum atomic E-state index is -1.25. The molecule has 0 aromatic carbocycles. The van der Waals surface area contributed by atoms with E-state index in [1.54, 1.807) is 0 Å². The van der Waals surface area contributed by atoms with Gasteiger partial charge in [-0.1, -0.05) is 13.3 Å². The van der Waals surface area contributed by atoms with Crippen molar-refractivity contribution in [3.63, 3.8) is 0 Å². The van der Waals surface area contributed by atoms with Crippen LogP contribution >= 0.6 is 12.6 Å². The number of hydrogen-bond donors (Lipinski definition) is 4. The van der Waals surface area contributed by atoms with Gasteiger partial charge in [0.2, 0.25) is 0 Å². The zero-order chi connectivity index (χ0) is 12.1. The molecule has 0 radical (unpaired) electrons. The summed E-state index contributed by atoms with van der Waals surface area (Å²) in [6.45, 7) is 2.48. The Morgan fingerprint density at radius 2 is 1.88 bits per heavy atom. The quantitative estimate of drug-likeness (QED) is 0.393. The average Bonchev–Trinajstić information content (AvgIpc) is 2.29. The molecule has 5 nitrogen and oxygen atoms in total. The molecule has 1 fully saturated rings. The molecule has 6 heteroatoms. The van der Waals surface area contributed by atoms with Crippen LogP contribution in [-0.2, 0) is 9.47 Å². The van der Waals surface area contributed by atoms with Crippen molar-refractivity contribution in [2.24, 2.45) is 0 Å². The van der Waals surface area contributed by atoms with Gasteiger partial charge in [0.05, 0.1) is 6.10 Å². The molecular formula is C10H20O5S. The number of aliphatic hydroxyl groups is 3. The molecule has 0 amide bonds. The number of ether oxygens (including phenoxy) is 2. The Balaban J connectivity index is 2.50. The summed E-state index contributed by atoms with van der Waals surface area (Å²) in [7, 11) is 0. The van der Waals surface area contributed by atoms with Gasteiger partial charge in [0, 0.05) is 12.4 Å². The van der Waals surface area contributed by atoms with Gasteiger partial charge < -0.3 is 24.8 Å². The Morgan fingerprint density at radius 1 is 1.19 bits per heavy atom. The number of aliphatic hydroxyl groups excluding tert-OH is 3. The molecule has 1 aliphatic heterocycles. The number of rotatable bonds is 5. The highest BCUT2D eigenvalue weighted by Crippen LogP contribution is 2.22. The maximum absolute atomic E-state index is 9.64. The van der Waals surface area contributed by atoms with Crippen LogP contribution in [0.5, 0.6) is 0 Å². The van der Waals surface area contributed by atoms with Crippen molar-refractivity contribution in [1.82, 2.24) is 0 Å². The molecule has 2 unspecified atom stereocenters. The Bertz CT molecular complexity index is 202. The summed E-state index contributed by atoms with van der Waals surface area (Å²) in [4.78, 5) is 0. The molecule has 0 aromatic rings. The summed E-state index contributed by atoms with van der Waals surface area (Å²) in [5, 5.41) is 28.8. The lowest BCUT2D eigenvalue weighted by molar-refractivity contribution is -0.292. The van der Waals surface area contributed by atoms with Crippen LogP contribution in [-0.4, -0.2) is 58.4 Å². The van der Waals surface area contributed by atoms with Gasteiger partial charge in [0.15, 0.2) is 6.29 Å². The molecule has 1 rings (SSSR count). The van der Waals surface area contributed by atoms with Gasteiger partial charge in [-0.2, -0.15) is 12.6 Å². The van der Waals surface area contributed by atoms with Crippen LogP contribution in [0.2, 0.25) is 0 Å². The highest BCUT2D eigenvalue weighted by Gasteiger charge is 2.43. The van der Waals surface area contributed by atoms with E-state index < -0.39 is 30.7 Å². The summed E-state index contributed by atoms with van der Waals surface area (Å²) < 4.78 is 10.6. The van der Waals surface area contributed by atoms with Crippen molar-refractivity contribution >= 4 is 12.6 Å². The van der Waals surface area contributed by atoms with Crippen LogP contribution in [0.1, 0.15) is 19.8 Å². The fourth-order valence-corrected chi connectivity index (χ4v) is 1.85. The molecule has 0 aliphatic carbocycles. The molecule has 0 spiro atoms. The van der Waals surface area contributed by atoms with Crippen LogP contribution in [0.3, 0.4) is 0 Å². The summed E-state index contributed by atoms with van der Waals surface area (Å²) in [6.07, 6.45) is -3.27. The van der Waals surface area contributed by atoms with E-state index in [1.165, 1.54) is 0 Å². The zero-order valence-electron chi connectivity index (χ0n) is 9.32. The van der Waals surface area contributed by atoms with Crippen molar-refractivity contribution in [2.45, 2.75) is 50.5 Å². The Kier molecular flexibility index (Phi) is 6.02. The van der Waals surface area contributed by atoms with E-state index in [0.717, 1.165) is 12.8 Å². The van der Waals surface area contributed by atoms with Gasteiger partial charge in [0.1, 0.15) is 18.3 Å². The molecule has 3 N–H and O–H groups in total. The number of unbranched alkanes of at least 4 members (excludes halogenated alkanes) is 1. The summed E-state index contributed by atoms with van der Waals surface area (Å²) in [5.74, 6) is 0.262. The van der Waals surface area contributed by atoms with Crippen LogP contribution in [0.4, 0.5) is 0 Å². The third-order valence-electron chi connectivity index (χ3n) is 2.63. The van der Waals surface area contributed by atoms with Gasteiger partial charge in [-0.05, 0) is 6.42 Å². The van der Waals surface area contributed by atoms with Gasteiger partial charge in [-0.25, -0.2) is 0 Å². The molecule has 0 bridgehead atoms. The van der Waals surface area contributed by atoms with Crippen LogP contribution < -0.4 is 0 Å². The second-order valence-corrected chi connectivity index (χ2v) is 4.29. The Hall–Kier alpha value is 0.150. The van der Waals surface area contributed by atoms with E-state index in [-0.39, 0.29) is 5.75 Å². The molecule has 1 heterocycles. The van der Waals surface area contributed by atoms with Crippen molar-refractivity contribution < 1.29 is 24.8 Å². The maximum Gasteiger partial charge on any atom is 0.186 e. The smallest absolute Gasteiger partial charge is 0.186 e. The van der Waals surface area contributed by atoms with Gasteiger partial charge in [-0.3, -0.25) is 0 Å². The van der Waals surface area contributed by atoms with Gasteiger partial charge >= 0.3 is 0 Å². The molecule has 1 aliphatic rings. The fourth-order valence-electron chi connectivity index (χ4n) is 1.55. The Labute approximate surface area is 101 Å². The van der Waals surface area contributed by atoms with Gasteiger partial charge in [-0.15, -0.1) is 0 Å². The minimum absolute atomic E-state index is 0.262. The average molecular weight is 252 g/mol. The van der Waals surface area contributed by atoms with E-state index in [9.17, 15) is 15.3 Å². The molecular weight excluding hydrogens is 232 g/mol. The zero-order valence-corrected chi connectivity index (χ0v) is 10.2. The maximum atomic E-state index is 9.64.